The average molecular weight is 341 g/mol. The fourth-order valence-electron chi connectivity index (χ4n) is 3.77. The monoisotopic (exact) mass is 340 g/mol. The van der Waals surface area contributed by atoms with Crippen molar-refractivity contribution in [3.05, 3.63) is 70.2 Å². The number of carbonyl (C=O) groups is 2. The summed E-state index contributed by atoms with van der Waals surface area (Å²) in [6, 6.07) is 14.6. The third kappa shape index (κ3) is 2.23. The van der Waals surface area contributed by atoms with Gasteiger partial charge in [0.25, 0.3) is 0 Å². The third-order valence-corrected chi connectivity index (χ3v) is 5.43. The third-order valence-electron chi connectivity index (χ3n) is 5.20. The molecule has 1 heterocycles. The van der Waals surface area contributed by atoms with E-state index in [1.54, 1.807) is 24.3 Å². The number of rotatable bonds is 4. The van der Waals surface area contributed by atoms with E-state index >= 15 is 0 Å². The van der Waals surface area contributed by atoms with Gasteiger partial charge in [-0.25, -0.2) is 0 Å². The lowest BCUT2D eigenvalue weighted by Crippen LogP contribution is -2.34. The van der Waals surface area contributed by atoms with Crippen LogP contribution in [0.3, 0.4) is 0 Å². The molecule has 0 saturated carbocycles. The maximum absolute atomic E-state index is 12.9. The summed E-state index contributed by atoms with van der Waals surface area (Å²) < 4.78 is 5.78. The Morgan fingerprint density at radius 3 is 2.29 bits per heavy atom. The molecule has 2 unspecified atom stereocenters. The highest BCUT2D eigenvalue weighted by atomic mass is 35.5. The Hall–Kier alpha value is -1.97. The van der Waals surface area contributed by atoms with E-state index in [0.29, 0.717) is 29.0 Å². The Bertz CT molecular complexity index is 807. The first-order chi connectivity index (χ1) is 11.6. The molecule has 2 aliphatic rings. The zero-order valence-electron chi connectivity index (χ0n) is 13.3. The first-order valence-electron chi connectivity index (χ1n) is 8.16. The molecule has 3 nitrogen and oxygen atoms in total. The van der Waals surface area contributed by atoms with Crippen LogP contribution in [0.5, 0.6) is 0 Å². The molecule has 0 spiro atoms. The van der Waals surface area contributed by atoms with Gasteiger partial charge in [0.2, 0.25) is 0 Å². The molecular weight excluding hydrogens is 324 g/mol. The van der Waals surface area contributed by atoms with Gasteiger partial charge in [-0.05, 0) is 30.5 Å². The van der Waals surface area contributed by atoms with Crippen molar-refractivity contribution in [3.8, 4) is 0 Å². The van der Waals surface area contributed by atoms with Crippen molar-refractivity contribution in [2.75, 3.05) is 0 Å². The molecule has 1 fully saturated rings. The van der Waals surface area contributed by atoms with Gasteiger partial charge in [-0.15, -0.1) is 0 Å². The quantitative estimate of drug-likeness (QED) is 0.601. The van der Waals surface area contributed by atoms with Crippen LogP contribution in [0.4, 0.5) is 0 Å². The number of hydrogen-bond donors (Lipinski definition) is 0. The van der Waals surface area contributed by atoms with E-state index in [9.17, 15) is 9.59 Å². The number of carbonyl (C=O) groups excluding carboxylic acids is 2. The molecular formula is C20H17ClO3. The predicted molar refractivity (Wildman–Crippen MR) is 91.5 cm³/mol. The number of ketones is 2. The number of Topliss-reactive ketones (excluding diaryl/α,β-unsaturated/α-hetero) is 2. The van der Waals surface area contributed by atoms with Crippen LogP contribution in [0, 0.1) is 5.41 Å². The number of ether oxygens (including phenoxy) is 1. The summed E-state index contributed by atoms with van der Waals surface area (Å²) in [5, 5.41) is 0.660. The Balaban J connectivity index is 1.60. The van der Waals surface area contributed by atoms with E-state index in [-0.39, 0.29) is 23.8 Å². The van der Waals surface area contributed by atoms with Crippen LogP contribution in [0.15, 0.2) is 48.5 Å². The molecule has 2 atom stereocenters. The average Bonchev–Trinajstić information content (AvgIpc) is 3.33. The molecule has 4 heteroatoms. The van der Waals surface area contributed by atoms with Crippen LogP contribution in [-0.2, 0) is 4.74 Å². The number of halogens is 1. The van der Waals surface area contributed by atoms with Gasteiger partial charge in [0.1, 0.15) is 6.10 Å². The molecule has 1 aliphatic carbocycles. The summed E-state index contributed by atoms with van der Waals surface area (Å²) in [5.41, 5.74) is 1.10. The van der Waals surface area contributed by atoms with Crippen molar-refractivity contribution >= 4 is 23.2 Å². The zero-order chi connectivity index (χ0) is 16.9. The van der Waals surface area contributed by atoms with E-state index in [4.69, 9.17) is 16.3 Å². The molecule has 0 bridgehead atoms. The summed E-state index contributed by atoms with van der Waals surface area (Å²) in [6.07, 6.45) is 0.705. The molecule has 0 amide bonds. The van der Waals surface area contributed by atoms with Gasteiger partial charge in [0, 0.05) is 16.1 Å². The SMILES string of the molecule is CCC1(CC2OC2c2cccc(Cl)c2)C(=O)c2ccccc2C1=O. The van der Waals surface area contributed by atoms with Gasteiger partial charge in [0.05, 0.1) is 11.5 Å². The van der Waals surface area contributed by atoms with Gasteiger partial charge in [-0.2, -0.15) is 0 Å². The van der Waals surface area contributed by atoms with Gasteiger partial charge in [-0.1, -0.05) is 54.9 Å². The summed E-state index contributed by atoms with van der Waals surface area (Å²) in [6.45, 7) is 1.90. The van der Waals surface area contributed by atoms with Crippen molar-refractivity contribution in [1.82, 2.24) is 0 Å². The second kappa shape index (κ2) is 5.54. The number of benzene rings is 2. The molecule has 0 radical (unpaired) electrons. The van der Waals surface area contributed by atoms with E-state index in [1.165, 1.54) is 0 Å². The van der Waals surface area contributed by atoms with Gasteiger partial charge in [0.15, 0.2) is 11.6 Å². The smallest absolute Gasteiger partial charge is 0.177 e. The summed E-state index contributed by atoms with van der Waals surface area (Å²) in [7, 11) is 0. The summed E-state index contributed by atoms with van der Waals surface area (Å²) >= 11 is 6.03. The molecule has 2 aromatic rings. The summed E-state index contributed by atoms with van der Waals surface area (Å²) in [4.78, 5) is 25.8. The van der Waals surface area contributed by atoms with E-state index < -0.39 is 5.41 Å². The van der Waals surface area contributed by atoms with Crippen LogP contribution < -0.4 is 0 Å². The van der Waals surface area contributed by atoms with Gasteiger partial charge >= 0.3 is 0 Å². The van der Waals surface area contributed by atoms with E-state index in [0.717, 1.165) is 5.56 Å². The molecule has 1 saturated heterocycles. The van der Waals surface area contributed by atoms with E-state index in [2.05, 4.69) is 0 Å². The highest BCUT2D eigenvalue weighted by molar-refractivity contribution is 6.30. The first kappa shape index (κ1) is 15.6. The highest BCUT2D eigenvalue weighted by Crippen LogP contribution is 2.51. The maximum atomic E-state index is 12.9. The molecule has 24 heavy (non-hydrogen) atoms. The van der Waals surface area contributed by atoms with Crippen LogP contribution in [-0.4, -0.2) is 17.7 Å². The van der Waals surface area contributed by atoms with Gasteiger partial charge in [-0.3, -0.25) is 9.59 Å². The van der Waals surface area contributed by atoms with Crippen LogP contribution in [0.25, 0.3) is 0 Å². The second-order valence-electron chi connectivity index (χ2n) is 6.49. The minimum Gasteiger partial charge on any atom is -0.364 e. The lowest BCUT2D eigenvalue weighted by atomic mass is 9.75. The molecule has 2 aromatic carbocycles. The Morgan fingerprint density at radius 2 is 1.71 bits per heavy atom. The fraction of sp³-hybridized carbons (Fsp3) is 0.300. The summed E-state index contributed by atoms with van der Waals surface area (Å²) in [5.74, 6) is -0.128. The Kier molecular flexibility index (Phi) is 3.59. The lowest BCUT2D eigenvalue weighted by molar-refractivity contribution is 0.0659. The zero-order valence-corrected chi connectivity index (χ0v) is 14.0. The Labute approximate surface area is 145 Å². The topological polar surface area (TPSA) is 46.7 Å². The largest absolute Gasteiger partial charge is 0.364 e. The predicted octanol–water partition coefficient (Wildman–Crippen LogP) is 4.65. The van der Waals surface area contributed by atoms with E-state index in [1.807, 2.05) is 31.2 Å². The molecule has 0 N–H and O–H groups in total. The molecule has 0 aromatic heterocycles. The minimum absolute atomic E-state index is 0.0639. The normalized spacial score (nSPS) is 24.1. The van der Waals surface area contributed by atoms with Crippen molar-refractivity contribution in [1.29, 1.82) is 0 Å². The molecule has 4 rings (SSSR count). The lowest BCUT2D eigenvalue weighted by Gasteiger charge is -2.23. The van der Waals surface area contributed by atoms with Gasteiger partial charge < -0.3 is 4.74 Å². The van der Waals surface area contributed by atoms with Crippen molar-refractivity contribution in [2.24, 2.45) is 5.41 Å². The first-order valence-corrected chi connectivity index (χ1v) is 8.54. The van der Waals surface area contributed by atoms with Crippen molar-refractivity contribution in [3.63, 3.8) is 0 Å². The minimum atomic E-state index is -0.984. The number of fused-ring (bicyclic) bond motifs is 1. The number of hydrogen-bond acceptors (Lipinski definition) is 3. The Morgan fingerprint density at radius 1 is 1.04 bits per heavy atom. The van der Waals surface area contributed by atoms with Crippen LogP contribution in [0.1, 0.15) is 52.1 Å². The maximum Gasteiger partial charge on any atom is 0.177 e. The highest BCUT2D eigenvalue weighted by Gasteiger charge is 2.56. The van der Waals surface area contributed by atoms with Crippen LogP contribution in [0.2, 0.25) is 5.02 Å². The number of epoxide rings is 1. The van der Waals surface area contributed by atoms with Crippen molar-refractivity contribution in [2.45, 2.75) is 32.0 Å². The van der Waals surface area contributed by atoms with Crippen molar-refractivity contribution < 1.29 is 14.3 Å². The fourth-order valence-corrected chi connectivity index (χ4v) is 3.97. The standard InChI is InChI=1S/C20H17ClO3/c1-2-20(18(22)14-8-3-4-9-15(14)19(20)23)11-16-17(24-16)12-6-5-7-13(21)10-12/h3-10,16-17H,2,11H2,1H3. The second-order valence-corrected chi connectivity index (χ2v) is 6.93. The molecule has 122 valence electrons. The molecule has 1 aliphatic heterocycles. The van der Waals surface area contributed by atoms with Crippen LogP contribution >= 0.6 is 11.6 Å².